The van der Waals surface area contributed by atoms with Gasteiger partial charge in [-0.1, -0.05) is 42.5 Å². The minimum Gasteiger partial charge on any atom is -0.333 e. The number of carbonyl (C=O) groups excluding carboxylic acids is 1. The summed E-state index contributed by atoms with van der Waals surface area (Å²) in [6.45, 7) is 13.1. The Bertz CT molecular complexity index is 1210. The average Bonchev–Trinajstić information content (AvgIpc) is 2.82. The second kappa shape index (κ2) is 9.24. The van der Waals surface area contributed by atoms with Gasteiger partial charge in [0.15, 0.2) is 0 Å². The summed E-state index contributed by atoms with van der Waals surface area (Å²) in [5, 5.41) is 6.64. The van der Waals surface area contributed by atoms with Gasteiger partial charge in [-0.2, -0.15) is 0 Å². The number of aryl methyl sites for hydroxylation is 3. The van der Waals surface area contributed by atoms with Crippen LogP contribution >= 0.6 is 0 Å². The standard InChI is InChI=1S/C29H34N4O/c1-19-8-5-6-11-24(19)25-14-23(18-32-13-12-30-16-22(32)4)15-27-26(25)17-31-29(34)33(27)28-20(2)9-7-10-21(28)3/h5-11,14-15,22,30H,12-13,16-18H2,1-4H3,(H,31,34). The molecule has 1 fully saturated rings. The van der Waals surface area contributed by atoms with Crippen molar-refractivity contribution < 1.29 is 4.79 Å². The SMILES string of the molecule is Cc1ccccc1-c1cc(CN2CCNCC2C)cc2c1CNC(=O)N2c1c(C)cccc1C. The van der Waals surface area contributed by atoms with Crippen molar-refractivity contribution in [3.05, 3.63) is 82.4 Å². The van der Waals surface area contributed by atoms with E-state index in [2.05, 4.69) is 97.8 Å². The highest BCUT2D eigenvalue weighted by Crippen LogP contribution is 2.41. The first kappa shape index (κ1) is 22.6. The minimum absolute atomic E-state index is 0.0617. The van der Waals surface area contributed by atoms with Gasteiger partial charge in [-0.3, -0.25) is 9.80 Å². The summed E-state index contributed by atoms with van der Waals surface area (Å²) in [5.74, 6) is 0. The Labute approximate surface area is 202 Å². The van der Waals surface area contributed by atoms with Crippen molar-refractivity contribution in [1.29, 1.82) is 0 Å². The molecule has 0 radical (unpaired) electrons. The molecule has 1 unspecified atom stereocenters. The minimum atomic E-state index is -0.0617. The average molecular weight is 455 g/mol. The first-order valence-electron chi connectivity index (χ1n) is 12.2. The van der Waals surface area contributed by atoms with E-state index >= 15 is 0 Å². The van der Waals surface area contributed by atoms with E-state index in [9.17, 15) is 4.79 Å². The molecule has 5 heteroatoms. The third-order valence-corrected chi connectivity index (χ3v) is 7.27. The number of amides is 2. The van der Waals surface area contributed by atoms with Gasteiger partial charge in [0, 0.05) is 44.3 Å². The van der Waals surface area contributed by atoms with Crippen LogP contribution < -0.4 is 15.5 Å². The first-order valence-corrected chi connectivity index (χ1v) is 12.2. The zero-order valence-electron chi connectivity index (χ0n) is 20.6. The molecule has 0 spiro atoms. The van der Waals surface area contributed by atoms with Crippen LogP contribution in [0.5, 0.6) is 0 Å². The summed E-state index contributed by atoms with van der Waals surface area (Å²) in [5.41, 5.74) is 10.3. The molecule has 1 saturated heterocycles. The number of fused-ring (bicyclic) bond motifs is 1. The molecule has 2 aliphatic heterocycles. The topological polar surface area (TPSA) is 47.6 Å². The Kier molecular flexibility index (Phi) is 6.15. The van der Waals surface area contributed by atoms with Crippen LogP contribution in [0.15, 0.2) is 54.6 Å². The van der Waals surface area contributed by atoms with Crippen LogP contribution in [0.4, 0.5) is 16.2 Å². The zero-order valence-corrected chi connectivity index (χ0v) is 20.6. The second-order valence-corrected chi connectivity index (χ2v) is 9.71. The van der Waals surface area contributed by atoms with Gasteiger partial charge in [-0.15, -0.1) is 0 Å². The van der Waals surface area contributed by atoms with Crippen molar-refractivity contribution in [3.8, 4) is 11.1 Å². The summed E-state index contributed by atoms with van der Waals surface area (Å²) in [6, 6.07) is 19.8. The van der Waals surface area contributed by atoms with E-state index in [0.29, 0.717) is 12.6 Å². The third kappa shape index (κ3) is 4.10. The molecule has 3 aromatic carbocycles. The highest BCUT2D eigenvalue weighted by Gasteiger charge is 2.31. The molecule has 0 saturated carbocycles. The Morgan fingerprint density at radius 2 is 1.68 bits per heavy atom. The summed E-state index contributed by atoms with van der Waals surface area (Å²) in [7, 11) is 0. The van der Waals surface area contributed by atoms with Crippen LogP contribution in [0.2, 0.25) is 0 Å². The second-order valence-electron chi connectivity index (χ2n) is 9.71. The normalized spacial score (nSPS) is 18.5. The number of para-hydroxylation sites is 1. The maximum Gasteiger partial charge on any atom is 0.326 e. The van der Waals surface area contributed by atoms with Crippen LogP contribution in [0.1, 0.15) is 34.7 Å². The maximum absolute atomic E-state index is 13.3. The van der Waals surface area contributed by atoms with E-state index in [-0.39, 0.29) is 6.03 Å². The number of rotatable bonds is 4. The molecule has 5 nitrogen and oxygen atoms in total. The van der Waals surface area contributed by atoms with Gasteiger partial charge in [0.2, 0.25) is 0 Å². The van der Waals surface area contributed by atoms with E-state index in [4.69, 9.17) is 0 Å². The molecule has 176 valence electrons. The lowest BCUT2D eigenvalue weighted by atomic mass is 9.90. The van der Waals surface area contributed by atoms with Gasteiger partial charge in [0.25, 0.3) is 0 Å². The van der Waals surface area contributed by atoms with Crippen LogP contribution in [0.25, 0.3) is 11.1 Å². The number of piperazine rings is 1. The number of hydrogen-bond donors (Lipinski definition) is 2. The molecule has 2 heterocycles. The van der Waals surface area contributed by atoms with Crippen molar-refractivity contribution in [1.82, 2.24) is 15.5 Å². The molecular formula is C29H34N4O. The number of benzene rings is 3. The van der Waals surface area contributed by atoms with Crippen molar-refractivity contribution in [2.45, 2.75) is 46.8 Å². The van der Waals surface area contributed by atoms with Crippen molar-refractivity contribution in [2.24, 2.45) is 0 Å². The number of nitrogens with zero attached hydrogens (tertiary/aromatic N) is 2. The molecule has 2 amide bonds. The number of nitrogens with one attached hydrogen (secondary N) is 2. The van der Waals surface area contributed by atoms with Gasteiger partial charge in [0.05, 0.1) is 11.4 Å². The number of anilines is 2. The molecule has 2 N–H and O–H groups in total. The molecule has 0 aromatic heterocycles. The first-order chi connectivity index (χ1) is 16.4. The van der Waals surface area contributed by atoms with Crippen LogP contribution in [-0.4, -0.2) is 36.6 Å². The smallest absolute Gasteiger partial charge is 0.326 e. The fourth-order valence-electron chi connectivity index (χ4n) is 5.39. The van der Waals surface area contributed by atoms with Gasteiger partial charge >= 0.3 is 6.03 Å². The van der Waals surface area contributed by atoms with Gasteiger partial charge < -0.3 is 10.6 Å². The molecule has 0 aliphatic carbocycles. The Balaban J connectivity index is 1.70. The summed E-state index contributed by atoms with van der Waals surface area (Å²) >= 11 is 0. The van der Waals surface area contributed by atoms with E-state index in [0.717, 1.165) is 48.7 Å². The lowest BCUT2D eigenvalue weighted by Crippen LogP contribution is -2.49. The van der Waals surface area contributed by atoms with Gasteiger partial charge in [0.1, 0.15) is 0 Å². The summed E-state index contributed by atoms with van der Waals surface area (Å²) in [6.07, 6.45) is 0. The van der Waals surface area contributed by atoms with E-state index in [1.807, 2.05) is 4.90 Å². The van der Waals surface area contributed by atoms with Crippen molar-refractivity contribution >= 4 is 17.4 Å². The monoisotopic (exact) mass is 454 g/mol. The lowest BCUT2D eigenvalue weighted by Gasteiger charge is -2.36. The Morgan fingerprint density at radius 3 is 2.41 bits per heavy atom. The molecule has 34 heavy (non-hydrogen) atoms. The van der Waals surface area contributed by atoms with Crippen LogP contribution in [-0.2, 0) is 13.1 Å². The van der Waals surface area contributed by atoms with E-state index in [1.54, 1.807) is 0 Å². The van der Waals surface area contributed by atoms with Gasteiger partial charge in [-0.05, 0) is 73.2 Å². The summed E-state index contributed by atoms with van der Waals surface area (Å²) < 4.78 is 0. The predicted octanol–water partition coefficient (Wildman–Crippen LogP) is 5.43. The largest absolute Gasteiger partial charge is 0.333 e. The molecular weight excluding hydrogens is 420 g/mol. The van der Waals surface area contributed by atoms with Crippen LogP contribution in [0, 0.1) is 20.8 Å². The Hall–Kier alpha value is -3.15. The third-order valence-electron chi connectivity index (χ3n) is 7.27. The van der Waals surface area contributed by atoms with E-state index < -0.39 is 0 Å². The highest BCUT2D eigenvalue weighted by molar-refractivity contribution is 6.04. The zero-order chi connectivity index (χ0) is 23.8. The molecule has 0 bridgehead atoms. The summed E-state index contributed by atoms with van der Waals surface area (Å²) in [4.78, 5) is 17.8. The van der Waals surface area contributed by atoms with Crippen LogP contribution in [0.3, 0.4) is 0 Å². The van der Waals surface area contributed by atoms with E-state index in [1.165, 1.54) is 27.8 Å². The fourth-order valence-corrected chi connectivity index (χ4v) is 5.39. The maximum atomic E-state index is 13.3. The molecule has 2 aliphatic rings. The number of hydrogen-bond acceptors (Lipinski definition) is 3. The van der Waals surface area contributed by atoms with Gasteiger partial charge in [-0.25, -0.2) is 4.79 Å². The quantitative estimate of drug-likeness (QED) is 0.552. The fraction of sp³-hybridized carbons (Fsp3) is 0.345. The molecule has 3 aromatic rings. The highest BCUT2D eigenvalue weighted by atomic mass is 16.2. The number of urea groups is 1. The number of carbonyl (C=O) groups is 1. The van der Waals surface area contributed by atoms with Crippen molar-refractivity contribution in [2.75, 3.05) is 24.5 Å². The lowest BCUT2D eigenvalue weighted by molar-refractivity contribution is 0.165. The molecule has 1 atom stereocenters. The van der Waals surface area contributed by atoms with Crippen molar-refractivity contribution in [3.63, 3.8) is 0 Å². The molecule has 5 rings (SSSR count). The Morgan fingerprint density at radius 1 is 0.941 bits per heavy atom. The predicted molar refractivity (Wildman–Crippen MR) is 140 cm³/mol.